The normalized spacial score (nSPS) is 19.1. The number of benzene rings is 1. The molecule has 0 aliphatic heterocycles. The molecule has 154 valence electrons. The van der Waals surface area contributed by atoms with Gasteiger partial charge in [-0.3, -0.25) is 4.52 Å². The molecule has 12 nitrogen and oxygen atoms in total. The van der Waals surface area contributed by atoms with Crippen molar-refractivity contribution in [1.29, 1.82) is 0 Å². The Bertz CT molecular complexity index is 1220. The van der Waals surface area contributed by atoms with Gasteiger partial charge >= 0.3 is 5.76 Å². The number of halogens is 2. The average Bonchev–Trinajstić information content (AvgIpc) is 3.20. The van der Waals surface area contributed by atoms with Crippen molar-refractivity contribution >= 4 is 32.0 Å². The summed E-state index contributed by atoms with van der Waals surface area (Å²) in [6, 6.07) is 3.50. The van der Waals surface area contributed by atoms with Crippen molar-refractivity contribution in [1.82, 2.24) is 24.8 Å². The fraction of sp³-hybridized carbons (Fsp3) is 0.286. The lowest BCUT2D eigenvalue weighted by Crippen LogP contribution is -2.51. The van der Waals surface area contributed by atoms with Gasteiger partial charge in [0.25, 0.3) is 10.2 Å². The molecule has 0 unspecified atom stereocenters. The molecule has 1 aliphatic rings. The first-order valence-electron chi connectivity index (χ1n) is 8.15. The van der Waals surface area contributed by atoms with E-state index in [1.54, 1.807) is 0 Å². The van der Waals surface area contributed by atoms with Crippen molar-refractivity contribution in [3.63, 3.8) is 0 Å². The monoisotopic (exact) mass is 489 g/mol. The zero-order valence-corrected chi connectivity index (χ0v) is 16.8. The minimum Gasteiger partial charge on any atom is -0.362 e. The third kappa shape index (κ3) is 4.07. The van der Waals surface area contributed by atoms with Crippen LogP contribution in [-0.4, -0.2) is 40.5 Å². The number of nitrogens with one attached hydrogen (secondary N) is 2. The van der Waals surface area contributed by atoms with Gasteiger partial charge in [0.05, 0.1) is 10.2 Å². The van der Waals surface area contributed by atoms with Crippen molar-refractivity contribution in [3.05, 3.63) is 39.0 Å². The first-order valence-corrected chi connectivity index (χ1v) is 10.5. The van der Waals surface area contributed by atoms with Crippen molar-refractivity contribution < 1.29 is 22.0 Å². The summed E-state index contributed by atoms with van der Waals surface area (Å²) < 4.78 is 48.7. The van der Waals surface area contributed by atoms with Crippen LogP contribution in [0.5, 0.6) is 0 Å². The Kier molecular flexibility index (Phi) is 4.97. The van der Waals surface area contributed by atoms with E-state index in [0.717, 1.165) is 4.57 Å². The smallest absolute Gasteiger partial charge is 0.362 e. The molecular formula is C14H13BrFN7O5S. The molecule has 29 heavy (non-hydrogen) atoms. The summed E-state index contributed by atoms with van der Waals surface area (Å²) in [4.78, 5) is 12.2. The molecule has 4 rings (SSSR count). The van der Waals surface area contributed by atoms with Crippen LogP contribution < -0.4 is 20.9 Å². The molecule has 2 aromatic heterocycles. The molecule has 0 radical (unpaired) electrons. The molecule has 2 heterocycles. The Balaban J connectivity index is 1.58. The Morgan fingerprint density at radius 2 is 2.00 bits per heavy atom. The van der Waals surface area contributed by atoms with E-state index in [-0.39, 0.29) is 39.6 Å². The fourth-order valence-corrected chi connectivity index (χ4v) is 3.96. The highest BCUT2D eigenvalue weighted by Crippen LogP contribution is 2.30. The highest BCUT2D eigenvalue weighted by molar-refractivity contribution is 9.10. The Morgan fingerprint density at radius 3 is 2.69 bits per heavy atom. The van der Waals surface area contributed by atoms with Gasteiger partial charge in [0, 0.05) is 12.1 Å². The van der Waals surface area contributed by atoms with Crippen molar-refractivity contribution in [3.8, 4) is 17.2 Å². The molecule has 0 atom stereocenters. The zero-order chi connectivity index (χ0) is 20.8. The summed E-state index contributed by atoms with van der Waals surface area (Å²) in [7, 11) is -3.78. The number of anilines is 1. The zero-order valence-electron chi connectivity index (χ0n) is 14.4. The second-order valence-electron chi connectivity index (χ2n) is 6.34. The molecular weight excluding hydrogens is 477 g/mol. The molecule has 0 bridgehead atoms. The molecule has 15 heteroatoms. The minimum absolute atomic E-state index is 0.00390. The molecule has 0 spiro atoms. The van der Waals surface area contributed by atoms with Crippen molar-refractivity contribution in [2.75, 3.05) is 5.32 Å². The van der Waals surface area contributed by atoms with Gasteiger partial charge < -0.3 is 5.32 Å². The summed E-state index contributed by atoms with van der Waals surface area (Å²) in [6.07, 6.45) is 0.915. The van der Waals surface area contributed by atoms with Crippen molar-refractivity contribution in [2.24, 2.45) is 5.14 Å². The molecule has 4 N–H and O–H groups in total. The fourth-order valence-electron chi connectivity index (χ4n) is 2.94. The van der Waals surface area contributed by atoms with Crippen LogP contribution in [-0.2, 0) is 10.2 Å². The summed E-state index contributed by atoms with van der Waals surface area (Å²) >= 11 is 3.06. The van der Waals surface area contributed by atoms with Crippen LogP contribution in [0.1, 0.15) is 12.8 Å². The topological polar surface area (TPSA) is 171 Å². The van der Waals surface area contributed by atoms with E-state index in [9.17, 15) is 17.6 Å². The highest BCUT2D eigenvalue weighted by Gasteiger charge is 2.33. The first-order chi connectivity index (χ1) is 13.7. The molecule has 3 aromatic rings. The van der Waals surface area contributed by atoms with Crippen molar-refractivity contribution in [2.45, 2.75) is 24.9 Å². The molecule has 1 saturated carbocycles. The van der Waals surface area contributed by atoms with Gasteiger partial charge in [-0.25, -0.2) is 23.5 Å². The van der Waals surface area contributed by atoms with Crippen LogP contribution >= 0.6 is 15.9 Å². The Hall–Kier alpha value is -2.62. The van der Waals surface area contributed by atoms with Gasteiger partial charge in [-0.2, -0.15) is 13.1 Å². The van der Waals surface area contributed by atoms with Gasteiger partial charge in [0.1, 0.15) is 5.82 Å². The van der Waals surface area contributed by atoms with E-state index in [2.05, 4.69) is 41.4 Å². The molecule has 1 aromatic carbocycles. The number of nitrogens with zero attached hydrogens (tertiary/aromatic N) is 4. The Labute approximate surface area is 170 Å². The number of hydrogen-bond acceptors (Lipinski definition) is 9. The van der Waals surface area contributed by atoms with E-state index < -0.39 is 21.8 Å². The lowest BCUT2D eigenvalue weighted by molar-refractivity contribution is 0.306. The highest BCUT2D eigenvalue weighted by atomic mass is 79.9. The van der Waals surface area contributed by atoms with Gasteiger partial charge in [-0.05, 0) is 57.3 Å². The van der Waals surface area contributed by atoms with E-state index in [4.69, 9.17) is 14.3 Å². The van der Waals surface area contributed by atoms with Crippen LogP contribution in [0.2, 0.25) is 0 Å². The first kappa shape index (κ1) is 19.7. The van der Waals surface area contributed by atoms with E-state index >= 15 is 0 Å². The summed E-state index contributed by atoms with van der Waals surface area (Å²) in [5.41, 5.74) is 0.383. The van der Waals surface area contributed by atoms with Crippen LogP contribution in [0.3, 0.4) is 0 Å². The summed E-state index contributed by atoms with van der Waals surface area (Å²) in [5.74, 6) is -1.13. The van der Waals surface area contributed by atoms with Crippen LogP contribution in [0, 0.1) is 5.82 Å². The van der Waals surface area contributed by atoms with Gasteiger partial charge in [-0.15, -0.1) is 0 Å². The molecule has 1 aliphatic carbocycles. The second-order valence-corrected chi connectivity index (χ2v) is 8.52. The third-order valence-electron chi connectivity index (χ3n) is 4.28. The number of rotatable bonds is 6. The standard InChI is InChI=1S/C14H13BrFN7O5S/c15-9-5-8(1-2-10(9)16)23-13(21-27-14(23)24)11-12(20-28-19-11)18-6-3-7(4-6)22-29(17,25)26/h1-2,5-7,22H,3-4H2,(H,18,20)(H2,17,25,26). The number of nitrogens with two attached hydrogens (primary N) is 1. The lowest BCUT2D eigenvalue weighted by Gasteiger charge is -2.35. The molecule has 0 amide bonds. The summed E-state index contributed by atoms with van der Waals surface area (Å²) in [5, 5.41) is 19.2. The molecule has 1 fully saturated rings. The minimum atomic E-state index is -3.78. The van der Waals surface area contributed by atoms with Gasteiger partial charge in [-0.1, -0.05) is 5.16 Å². The Morgan fingerprint density at radius 1 is 1.24 bits per heavy atom. The van der Waals surface area contributed by atoms with E-state index in [0.29, 0.717) is 12.8 Å². The van der Waals surface area contributed by atoms with Crippen LogP contribution in [0.25, 0.3) is 17.2 Å². The van der Waals surface area contributed by atoms with Crippen LogP contribution in [0.15, 0.2) is 36.6 Å². The number of aromatic nitrogens is 4. The van der Waals surface area contributed by atoms with E-state index in [1.807, 2.05) is 0 Å². The average molecular weight is 490 g/mol. The number of hydrogen-bond donors (Lipinski definition) is 3. The third-order valence-corrected chi connectivity index (χ3v) is 5.55. The second kappa shape index (κ2) is 7.33. The predicted molar refractivity (Wildman–Crippen MR) is 99.7 cm³/mol. The largest absolute Gasteiger partial charge is 0.446 e. The maximum absolute atomic E-state index is 13.5. The van der Waals surface area contributed by atoms with Gasteiger partial charge in [0.2, 0.25) is 11.6 Å². The molecule has 0 saturated heterocycles. The van der Waals surface area contributed by atoms with Crippen LogP contribution in [0.4, 0.5) is 10.2 Å². The predicted octanol–water partition coefficient (Wildman–Crippen LogP) is 0.513. The quantitative estimate of drug-likeness (QED) is 0.445. The summed E-state index contributed by atoms with van der Waals surface area (Å²) in [6.45, 7) is 0. The lowest BCUT2D eigenvalue weighted by atomic mass is 9.87. The maximum atomic E-state index is 13.5. The van der Waals surface area contributed by atoms with E-state index in [1.165, 1.54) is 18.2 Å². The van der Waals surface area contributed by atoms with Gasteiger partial charge in [0.15, 0.2) is 5.69 Å². The maximum Gasteiger partial charge on any atom is 0.446 e. The SMILES string of the molecule is NS(=O)(=O)NC1CC(Nc2nonc2-c2noc(=O)n2-c2ccc(F)c(Br)c2)C1.